The van der Waals surface area contributed by atoms with Gasteiger partial charge >= 0.3 is 12.1 Å². The van der Waals surface area contributed by atoms with E-state index in [0.29, 0.717) is 11.3 Å². The second kappa shape index (κ2) is 10.3. The standard InChI is InChI=1S/C25H28N2O6/c1-25(2,3)33-23(30)16-27-20-12-8-7-11-19(20)21(28)13-14-26(15-22(27)29)24(31)32-17-18-9-5-4-6-10-18/h4-12H,13-17H2,1-3H3. The summed E-state index contributed by atoms with van der Waals surface area (Å²) in [4.78, 5) is 53.8. The SMILES string of the molecule is CC(C)(C)OC(=O)CN1C(=O)CN(C(=O)OCc2ccccc2)CCC(=O)c2ccccc21. The number of ether oxygens (including phenoxy) is 2. The molecule has 1 heterocycles. The molecule has 3 rings (SSSR count). The molecule has 0 saturated carbocycles. The third-order valence-corrected chi connectivity index (χ3v) is 4.90. The van der Waals surface area contributed by atoms with Gasteiger partial charge in [-0.05, 0) is 38.5 Å². The number of anilines is 1. The van der Waals surface area contributed by atoms with Gasteiger partial charge in [0.15, 0.2) is 5.78 Å². The van der Waals surface area contributed by atoms with E-state index in [-0.39, 0.29) is 38.4 Å². The molecule has 1 aliphatic heterocycles. The van der Waals surface area contributed by atoms with E-state index in [1.807, 2.05) is 30.3 Å². The molecule has 2 amide bonds. The lowest BCUT2D eigenvalue weighted by Gasteiger charge is -2.27. The van der Waals surface area contributed by atoms with Crippen LogP contribution in [0.5, 0.6) is 0 Å². The maximum absolute atomic E-state index is 13.2. The Kier molecular flexibility index (Phi) is 7.48. The molecular formula is C25H28N2O6. The molecule has 0 N–H and O–H groups in total. The van der Waals surface area contributed by atoms with Crippen LogP contribution >= 0.6 is 0 Å². The van der Waals surface area contributed by atoms with E-state index in [2.05, 4.69) is 0 Å². The number of ketones is 1. The zero-order valence-electron chi connectivity index (χ0n) is 19.1. The lowest BCUT2D eigenvalue weighted by molar-refractivity contribution is -0.153. The van der Waals surface area contributed by atoms with E-state index < -0.39 is 23.6 Å². The number of carbonyl (C=O) groups excluding carboxylic acids is 4. The summed E-state index contributed by atoms with van der Waals surface area (Å²) >= 11 is 0. The van der Waals surface area contributed by atoms with Crippen molar-refractivity contribution in [2.24, 2.45) is 0 Å². The number of hydrogen-bond donors (Lipinski definition) is 0. The first kappa shape index (κ1) is 24.0. The van der Waals surface area contributed by atoms with E-state index in [4.69, 9.17) is 9.47 Å². The van der Waals surface area contributed by atoms with E-state index >= 15 is 0 Å². The fourth-order valence-electron chi connectivity index (χ4n) is 3.42. The first-order valence-corrected chi connectivity index (χ1v) is 10.7. The quantitative estimate of drug-likeness (QED) is 0.659. The maximum atomic E-state index is 13.2. The topological polar surface area (TPSA) is 93.2 Å². The molecule has 33 heavy (non-hydrogen) atoms. The number of fused-ring (bicyclic) bond motifs is 1. The fraction of sp³-hybridized carbons (Fsp3) is 0.360. The van der Waals surface area contributed by atoms with Crippen LogP contribution in [0.2, 0.25) is 0 Å². The molecule has 1 aliphatic rings. The molecule has 8 nitrogen and oxygen atoms in total. The second-order valence-electron chi connectivity index (χ2n) is 8.72. The number of rotatable bonds is 4. The lowest BCUT2D eigenvalue weighted by Crippen LogP contribution is -2.46. The molecule has 0 spiro atoms. The first-order valence-electron chi connectivity index (χ1n) is 10.7. The Labute approximate surface area is 193 Å². The molecule has 0 atom stereocenters. The highest BCUT2D eigenvalue weighted by molar-refractivity contribution is 6.08. The van der Waals surface area contributed by atoms with Crippen LogP contribution in [0, 0.1) is 0 Å². The van der Waals surface area contributed by atoms with Crippen LogP contribution in [0.1, 0.15) is 43.1 Å². The Balaban J connectivity index is 1.82. The first-order chi connectivity index (χ1) is 15.6. The minimum Gasteiger partial charge on any atom is -0.459 e. The monoisotopic (exact) mass is 452 g/mol. The molecule has 0 aliphatic carbocycles. The molecule has 0 saturated heterocycles. The Morgan fingerprint density at radius 2 is 1.64 bits per heavy atom. The number of carbonyl (C=O) groups is 4. The van der Waals surface area contributed by atoms with Crippen LogP contribution in [0.3, 0.4) is 0 Å². The number of hydrogen-bond acceptors (Lipinski definition) is 6. The molecule has 0 aromatic heterocycles. The van der Waals surface area contributed by atoms with Gasteiger partial charge in [-0.25, -0.2) is 4.79 Å². The van der Waals surface area contributed by atoms with Gasteiger partial charge in [0.2, 0.25) is 5.91 Å². The molecule has 0 unspecified atom stereocenters. The van der Waals surface area contributed by atoms with Gasteiger partial charge < -0.3 is 9.47 Å². The van der Waals surface area contributed by atoms with E-state index in [0.717, 1.165) is 5.56 Å². The number of benzene rings is 2. The zero-order valence-corrected chi connectivity index (χ0v) is 19.1. The van der Waals surface area contributed by atoms with E-state index in [9.17, 15) is 19.2 Å². The number of nitrogens with zero attached hydrogens (tertiary/aromatic N) is 2. The third kappa shape index (κ3) is 6.65. The largest absolute Gasteiger partial charge is 0.459 e. The van der Waals surface area contributed by atoms with Crippen LogP contribution in [0.4, 0.5) is 10.5 Å². The normalized spacial score (nSPS) is 14.6. The highest BCUT2D eigenvalue weighted by Crippen LogP contribution is 2.24. The summed E-state index contributed by atoms with van der Waals surface area (Å²) in [6, 6.07) is 15.7. The molecule has 2 aromatic carbocycles. The van der Waals surface area contributed by atoms with Crippen LogP contribution in [-0.2, 0) is 25.7 Å². The molecule has 2 aromatic rings. The number of amides is 2. The van der Waals surface area contributed by atoms with Gasteiger partial charge in [0.1, 0.15) is 25.3 Å². The van der Waals surface area contributed by atoms with Crippen LogP contribution in [0.25, 0.3) is 0 Å². The summed E-state index contributed by atoms with van der Waals surface area (Å²) in [7, 11) is 0. The minimum atomic E-state index is -0.734. The predicted molar refractivity (Wildman–Crippen MR) is 122 cm³/mol. The molecule has 0 radical (unpaired) electrons. The zero-order chi connectivity index (χ0) is 24.0. The second-order valence-corrected chi connectivity index (χ2v) is 8.72. The van der Waals surface area contributed by atoms with E-state index in [1.54, 1.807) is 45.0 Å². The van der Waals surface area contributed by atoms with Crippen LogP contribution < -0.4 is 4.90 Å². The summed E-state index contributed by atoms with van der Waals surface area (Å²) in [5.74, 6) is -1.37. The van der Waals surface area contributed by atoms with Crippen molar-refractivity contribution in [1.29, 1.82) is 0 Å². The lowest BCUT2D eigenvalue weighted by atomic mass is 10.1. The minimum absolute atomic E-state index is 0.0189. The summed E-state index contributed by atoms with van der Waals surface area (Å²) < 4.78 is 10.7. The summed E-state index contributed by atoms with van der Waals surface area (Å²) in [5, 5.41) is 0. The third-order valence-electron chi connectivity index (χ3n) is 4.90. The average molecular weight is 453 g/mol. The highest BCUT2D eigenvalue weighted by atomic mass is 16.6. The Morgan fingerprint density at radius 1 is 0.970 bits per heavy atom. The highest BCUT2D eigenvalue weighted by Gasteiger charge is 2.31. The molecular weight excluding hydrogens is 424 g/mol. The van der Waals surface area contributed by atoms with Gasteiger partial charge in [-0.2, -0.15) is 0 Å². The Hall–Kier alpha value is -3.68. The van der Waals surface area contributed by atoms with Crippen molar-refractivity contribution < 1.29 is 28.7 Å². The summed E-state index contributed by atoms with van der Waals surface area (Å²) in [6.07, 6.45) is -0.687. The van der Waals surface area contributed by atoms with Crippen molar-refractivity contribution >= 4 is 29.4 Å². The van der Waals surface area contributed by atoms with Crippen molar-refractivity contribution in [2.75, 3.05) is 24.5 Å². The Bertz CT molecular complexity index is 1030. The molecule has 0 bridgehead atoms. The summed E-state index contributed by atoms with van der Waals surface area (Å²) in [6.45, 7) is 4.53. The average Bonchev–Trinajstić information content (AvgIpc) is 2.81. The number of esters is 1. The predicted octanol–water partition coefficient (Wildman–Crippen LogP) is 3.59. The van der Waals surface area contributed by atoms with Crippen LogP contribution in [0.15, 0.2) is 54.6 Å². The molecule has 174 valence electrons. The number of Topliss-reactive ketones (excluding diaryl/α,β-unsaturated/α-hetero) is 1. The molecule has 0 fully saturated rings. The van der Waals surface area contributed by atoms with Gasteiger partial charge in [-0.3, -0.25) is 24.2 Å². The van der Waals surface area contributed by atoms with Crippen molar-refractivity contribution in [3.63, 3.8) is 0 Å². The molecule has 8 heteroatoms. The van der Waals surface area contributed by atoms with Crippen LogP contribution in [-0.4, -0.2) is 53.9 Å². The summed E-state index contributed by atoms with van der Waals surface area (Å²) in [5.41, 5.74) is 0.700. The van der Waals surface area contributed by atoms with E-state index in [1.165, 1.54) is 9.80 Å². The maximum Gasteiger partial charge on any atom is 0.410 e. The van der Waals surface area contributed by atoms with Gasteiger partial charge in [-0.15, -0.1) is 0 Å². The van der Waals surface area contributed by atoms with Crippen molar-refractivity contribution in [1.82, 2.24) is 4.90 Å². The van der Waals surface area contributed by atoms with Gasteiger partial charge in [0.05, 0.1) is 5.69 Å². The van der Waals surface area contributed by atoms with Gasteiger partial charge in [0.25, 0.3) is 0 Å². The van der Waals surface area contributed by atoms with Gasteiger partial charge in [-0.1, -0.05) is 42.5 Å². The fourth-order valence-corrected chi connectivity index (χ4v) is 3.42. The Morgan fingerprint density at radius 3 is 2.33 bits per heavy atom. The number of para-hydroxylation sites is 1. The van der Waals surface area contributed by atoms with Crippen molar-refractivity contribution in [3.8, 4) is 0 Å². The van der Waals surface area contributed by atoms with Crippen molar-refractivity contribution in [2.45, 2.75) is 39.4 Å². The smallest absolute Gasteiger partial charge is 0.410 e. The van der Waals surface area contributed by atoms with Gasteiger partial charge in [0, 0.05) is 18.5 Å². The van der Waals surface area contributed by atoms with Crippen molar-refractivity contribution in [3.05, 3.63) is 65.7 Å².